The van der Waals surface area contributed by atoms with E-state index in [1.165, 1.54) is 0 Å². The summed E-state index contributed by atoms with van der Waals surface area (Å²) >= 11 is 0. The van der Waals surface area contributed by atoms with Crippen LogP contribution in [0.4, 0.5) is 0 Å². The normalized spacial score (nSPS) is 10.9. The van der Waals surface area contributed by atoms with Crippen molar-refractivity contribution in [2.45, 2.75) is 6.17 Å². The van der Waals surface area contributed by atoms with Crippen molar-refractivity contribution in [3.8, 4) is 0 Å². The van der Waals surface area contributed by atoms with Gasteiger partial charge in [0.1, 0.15) is 0 Å². The SMILES string of the molecule is COC(=O)C(N=[N+]=[N-])NC(=O)c1ccccc1. The van der Waals surface area contributed by atoms with Crippen molar-refractivity contribution in [2.75, 3.05) is 7.11 Å². The summed E-state index contributed by atoms with van der Waals surface area (Å²) in [5, 5.41) is 5.39. The Balaban J connectivity index is 2.78. The van der Waals surface area contributed by atoms with E-state index in [-0.39, 0.29) is 0 Å². The fourth-order valence-electron chi connectivity index (χ4n) is 1.10. The first kappa shape index (κ1) is 12.5. The lowest BCUT2D eigenvalue weighted by molar-refractivity contribution is -0.142. The quantitative estimate of drug-likeness (QED) is 0.366. The third-order valence-corrected chi connectivity index (χ3v) is 1.90. The van der Waals surface area contributed by atoms with E-state index in [1.54, 1.807) is 30.3 Å². The van der Waals surface area contributed by atoms with Crippen LogP contribution >= 0.6 is 0 Å². The minimum Gasteiger partial charge on any atom is -0.467 e. The molecule has 1 aromatic rings. The Bertz CT molecular complexity index is 454. The van der Waals surface area contributed by atoms with Crippen LogP contribution < -0.4 is 5.32 Å². The maximum absolute atomic E-state index is 11.6. The molecule has 0 radical (unpaired) electrons. The first-order valence-corrected chi connectivity index (χ1v) is 4.67. The molecule has 0 saturated carbocycles. The van der Waals surface area contributed by atoms with Crippen molar-refractivity contribution in [3.05, 3.63) is 46.3 Å². The van der Waals surface area contributed by atoms with Crippen molar-refractivity contribution in [2.24, 2.45) is 5.11 Å². The number of benzene rings is 1. The Morgan fingerprint density at radius 3 is 2.59 bits per heavy atom. The van der Waals surface area contributed by atoms with Crippen LogP contribution in [0.25, 0.3) is 10.4 Å². The van der Waals surface area contributed by atoms with Crippen molar-refractivity contribution in [3.63, 3.8) is 0 Å². The number of ether oxygens (including phenoxy) is 1. The van der Waals surface area contributed by atoms with Gasteiger partial charge in [-0.3, -0.25) is 4.79 Å². The molecule has 1 unspecified atom stereocenters. The number of hydrogen-bond acceptors (Lipinski definition) is 4. The molecule has 0 aliphatic rings. The van der Waals surface area contributed by atoms with Crippen molar-refractivity contribution < 1.29 is 14.3 Å². The molecule has 0 aliphatic carbocycles. The molecule has 1 N–H and O–H groups in total. The van der Waals surface area contributed by atoms with E-state index in [0.717, 1.165) is 7.11 Å². The molecule has 0 fully saturated rings. The lowest BCUT2D eigenvalue weighted by Gasteiger charge is -2.10. The number of hydrogen-bond donors (Lipinski definition) is 1. The molecule has 0 bridgehead atoms. The summed E-state index contributed by atoms with van der Waals surface area (Å²) < 4.78 is 4.38. The van der Waals surface area contributed by atoms with E-state index in [1.807, 2.05) is 0 Å². The smallest absolute Gasteiger partial charge is 0.334 e. The summed E-state index contributed by atoms with van der Waals surface area (Å²) in [6.07, 6.45) is -1.36. The predicted octanol–water partition coefficient (Wildman–Crippen LogP) is 1.23. The average molecular weight is 234 g/mol. The lowest BCUT2D eigenvalue weighted by Crippen LogP contribution is -2.39. The van der Waals surface area contributed by atoms with Gasteiger partial charge in [0.2, 0.25) is 6.17 Å². The summed E-state index contributed by atoms with van der Waals surface area (Å²) in [6.45, 7) is 0. The molecule has 0 spiro atoms. The fraction of sp³-hybridized carbons (Fsp3) is 0.200. The maximum atomic E-state index is 11.6. The van der Waals surface area contributed by atoms with Crippen LogP contribution in [-0.4, -0.2) is 25.2 Å². The van der Waals surface area contributed by atoms with Crippen LogP contribution in [0.3, 0.4) is 0 Å². The molecule has 1 aromatic carbocycles. The van der Waals surface area contributed by atoms with Crippen molar-refractivity contribution in [1.82, 2.24) is 5.32 Å². The van der Waals surface area contributed by atoms with Gasteiger partial charge < -0.3 is 10.1 Å². The Hall–Kier alpha value is -2.53. The van der Waals surface area contributed by atoms with Gasteiger partial charge >= 0.3 is 5.97 Å². The summed E-state index contributed by atoms with van der Waals surface area (Å²) in [6, 6.07) is 8.24. The number of methoxy groups -OCH3 is 1. The highest BCUT2D eigenvalue weighted by Gasteiger charge is 2.20. The molecule has 1 amide bonds. The molecule has 0 saturated heterocycles. The first-order valence-electron chi connectivity index (χ1n) is 4.67. The Morgan fingerprint density at radius 1 is 1.41 bits per heavy atom. The number of nitrogens with one attached hydrogen (secondary N) is 1. The van der Waals surface area contributed by atoms with Crippen LogP contribution in [0.5, 0.6) is 0 Å². The van der Waals surface area contributed by atoms with Gasteiger partial charge in [-0.1, -0.05) is 23.3 Å². The molecular formula is C10H10N4O3. The highest BCUT2D eigenvalue weighted by Crippen LogP contribution is 2.00. The lowest BCUT2D eigenvalue weighted by atomic mass is 10.2. The summed E-state index contributed by atoms with van der Waals surface area (Å²) in [5.41, 5.74) is 8.62. The second-order valence-electron chi connectivity index (χ2n) is 2.97. The molecule has 17 heavy (non-hydrogen) atoms. The van der Waals surface area contributed by atoms with E-state index in [9.17, 15) is 9.59 Å². The molecule has 0 aliphatic heterocycles. The third kappa shape index (κ3) is 3.51. The zero-order valence-corrected chi connectivity index (χ0v) is 9.03. The van der Waals surface area contributed by atoms with Crippen LogP contribution in [0.2, 0.25) is 0 Å². The van der Waals surface area contributed by atoms with E-state index in [2.05, 4.69) is 20.1 Å². The molecule has 7 nitrogen and oxygen atoms in total. The van der Waals surface area contributed by atoms with Gasteiger partial charge in [-0.15, -0.1) is 0 Å². The Morgan fingerprint density at radius 2 is 2.06 bits per heavy atom. The van der Waals surface area contributed by atoms with E-state index < -0.39 is 18.0 Å². The topological polar surface area (TPSA) is 104 Å². The second kappa shape index (κ2) is 6.14. The predicted molar refractivity (Wildman–Crippen MR) is 58.9 cm³/mol. The zero-order chi connectivity index (χ0) is 12.7. The van der Waals surface area contributed by atoms with Gasteiger partial charge in [-0.05, 0) is 17.7 Å². The van der Waals surface area contributed by atoms with Gasteiger partial charge in [0.05, 0.1) is 7.11 Å². The molecule has 1 rings (SSSR count). The highest BCUT2D eigenvalue weighted by molar-refractivity contribution is 5.96. The largest absolute Gasteiger partial charge is 0.467 e. The van der Waals surface area contributed by atoms with E-state index in [0.29, 0.717) is 5.56 Å². The number of carbonyl (C=O) groups is 2. The van der Waals surface area contributed by atoms with Gasteiger partial charge in [0, 0.05) is 10.5 Å². The Labute approximate surface area is 97.0 Å². The fourth-order valence-corrected chi connectivity index (χ4v) is 1.10. The number of esters is 1. The van der Waals surface area contributed by atoms with Crippen molar-refractivity contribution >= 4 is 11.9 Å². The molecule has 1 atom stereocenters. The van der Waals surface area contributed by atoms with Gasteiger partial charge in [-0.25, -0.2) is 4.79 Å². The van der Waals surface area contributed by atoms with E-state index in [4.69, 9.17) is 5.53 Å². The summed E-state index contributed by atoms with van der Waals surface area (Å²) in [7, 11) is 1.14. The minimum atomic E-state index is -1.36. The highest BCUT2D eigenvalue weighted by atomic mass is 16.5. The van der Waals surface area contributed by atoms with Gasteiger partial charge in [0.25, 0.3) is 5.91 Å². The Kier molecular flexibility index (Phi) is 4.53. The molecular weight excluding hydrogens is 224 g/mol. The van der Waals surface area contributed by atoms with Crippen LogP contribution in [0, 0.1) is 0 Å². The second-order valence-corrected chi connectivity index (χ2v) is 2.97. The summed E-state index contributed by atoms with van der Waals surface area (Å²) in [5.74, 6) is -1.35. The van der Waals surface area contributed by atoms with Crippen LogP contribution in [0.1, 0.15) is 10.4 Å². The van der Waals surface area contributed by atoms with Crippen LogP contribution in [0.15, 0.2) is 35.4 Å². The zero-order valence-electron chi connectivity index (χ0n) is 9.03. The summed E-state index contributed by atoms with van der Waals surface area (Å²) in [4.78, 5) is 25.3. The average Bonchev–Trinajstić information content (AvgIpc) is 2.38. The maximum Gasteiger partial charge on any atom is 0.334 e. The number of carbonyl (C=O) groups excluding carboxylic acids is 2. The number of azide groups is 1. The van der Waals surface area contributed by atoms with Gasteiger partial charge in [0.15, 0.2) is 0 Å². The van der Waals surface area contributed by atoms with E-state index >= 15 is 0 Å². The molecule has 0 aromatic heterocycles. The van der Waals surface area contributed by atoms with Crippen molar-refractivity contribution in [1.29, 1.82) is 0 Å². The molecule has 88 valence electrons. The molecule has 7 heteroatoms. The third-order valence-electron chi connectivity index (χ3n) is 1.90. The van der Waals surface area contributed by atoms with Crippen LogP contribution in [-0.2, 0) is 9.53 Å². The number of amides is 1. The van der Waals surface area contributed by atoms with Gasteiger partial charge in [-0.2, -0.15) is 0 Å². The molecule has 0 heterocycles. The number of nitrogens with zero attached hydrogens (tertiary/aromatic N) is 3. The minimum absolute atomic E-state index is 0.356. The standard InChI is InChI=1S/C10H10N4O3/c1-17-10(16)8(13-14-11)12-9(15)7-5-3-2-4-6-7/h2-6,8H,1H3,(H,12,15). The monoisotopic (exact) mass is 234 g/mol. The number of rotatable bonds is 4. The first-order chi connectivity index (χ1) is 8.19.